The molecule has 21 heavy (non-hydrogen) atoms. The quantitative estimate of drug-likeness (QED) is 0.842. The minimum atomic E-state index is -3.95. The molecule has 0 aliphatic carbocycles. The van der Waals surface area contributed by atoms with Gasteiger partial charge in [-0.1, -0.05) is 17.7 Å². The average molecular weight is 327 g/mol. The van der Waals surface area contributed by atoms with Crippen molar-refractivity contribution in [1.29, 1.82) is 0 Å². The highest BCUT2D eigenvalue weighted by molar-refractivity contribution is 7.92. The zero-order valence-electron chi connectivity index (χ0n) is 10.9. The first-order valence-corrected chi connectivity index (χ1v) is 7.65. The van der Waals surface area contributed by atoms with Crippen molar-refractivity contribution in [3.8, 4) is 0 Å². The Bertz CT molecular complexity index is 806. The summed E-state index contributed by atoms with van der Waals surface area (Å²) in [6, 6.07) is 7.09. The van der Waals surface area contributed by atoms with E-state index in [1.165, 1.54) is 43.5 Å². The van der Waals surface area contributed by atoms with Gasteiger partial charge in [0.2, 0.25) is 0 Å². The van der Waals surface area contributed by atoms with E-state index in [0.29, 0.717) is 5.56 Å². The molecule has 0 bridgehead atoms. The van der Waals surface area contributed by atoms with Crippen LogP contribution in [0.4, 0.5) is 5.69 Å². The molecule has 0 spiro atoms. The van der Waals surface area contributed by atoms with Crippen LogP contribution in [0, 0.1) is 6.92 Å². The summed E-state index contributed by atoms with van der Waals surface area (Å²) in [6.07, 6.45) is 1.37. The predicted octanol–water partition coefficient (Wildman–Crippen LogP) is 2.54. The SMILES string of the molecule is Cc1c(NS(=O)(=O)c2cccnc2Cl)cccc1C(=O)O. The third-order valence-corrected chi connectivity index (χ3v) is 4.63. The molecule has 110 valence electrons. The van der Waals surface area contributed by atoms with Gasteiger partial charge in [-0.05, 0) is 36.8 Å². The Morgan fingerprint density at radius 1 is 1.29 bits per heavy atom. The molecule has 0 atom stereocenters. The maximum absolute atomic E-state index is 12.3. The second kappa shape index (κ2) is 5.71. The van der Waals surface area contributed by atoms with Crippen molar-refractivity contribution in [1.82, 2.24) is 4.98 Å². The lowest BCUT2D eigenvalue weighted by Crippen LogP contribution is -2.15. The fraction of sp³-hybridized carbons (Fsp3) is 0.0769. The number of carboxylic acids is 1. The molecule has 2 aromatic rings. The first-order valence-electron chi connectivity index (χ1n) is 5.79. The molecule has 0 fully saturated rings. The fourth-order valence-electron chi connectivity index (χ4n) is 1.75. The number of nitrogens with one attached hydrogen (secondary N) is 1. The van der Waals surface area contributed by atoms with Crippen molar-refractivity contribution in [2.45, 2.75) is 11.8 Å². The number of hydrogen-bond acceptors (Lipinski definition) is 4. The van der Waals surface area contributed by atoms with Gasteiger partial charge in [0.15, 0.2) is 0 Å². The highest BCUT2D eigenvalue weighted by Crippen LogP contribution is 2.25. The number of hydrogen-bond donors (Lipinski definition) is 2. The van der Waals surface area contributed by atoms with Crippen LogP contribution >= 0.6 is 11.6 Å². The monoisotopic (exact) mass is 326 g/mol. The van der Waals surface area contributed by atoms with Gasteiger partial charge in [-0.25, -0.2) is 18.2 Å². The molecule has 0 saturated carbocycles. The molecular weight excluding hydrogens is 316 g/mol. The molecule has 1 aromatic heterocycles. The Labute approximate surface area is 126 Å². The van der Waals surface area contributed by atoms with Crippen LogP contribution < -0.4 is 4.72 Å². The van der Waals surface area contributed by atoms with Crippen molar-refractivity contribution in [2.75, 3.05) is 4.72 Å². The van der Waals surface area contributed by atoms with Crippen LogP contribution in [0.2, 0.25) is 5.15 Å². The van der Waals surface area contributed by atoms with Crippen LogP contribution in [0.3, 0.4) is 0 Å². The smallest absolute Gasteiger partial charge is 0.336 e. The van der Waals surface area contributed by atoms with E-state index in [2.05, 4.69) is 9.71 Å². The molecule has 0 saturated heterocycles. The Kier molecular flexibility index (Phi) is 4.15. The third-order valence-electron chi connectivity index (χ3n) is 2.82. The van der Waals surface area contributed by atoms with Gasteiger partial charge in [-0.2, -0.15) is 0 Å². The van der Waals surface area contributed by atoms with Crippen LogP contribution in [-0.4, -0.2) is 24.5 Å². The van der Waals surface area contributed by atoms with Crippen molar-refractivity contribution >= 4 is 33.3 Å². The Morgan fingerprint density at radius 3 is 2.62 bits per heavy atom. The van der Waals surface area contributed by atoms with E-state index in [9.17, 15) is 13.2 Å². The van der Waals surface area contributed by atoms with Crippen LogP contribution in [0.1, 0.15) is 15.9 Å². The van der Waals surface area contributed by atoms with E-state index in [-0.39, 0.29) is 21.3 Å². The summed E-state index contributed by atoms with van der Waals surface area (Å²) in [5, 5.41) is 8.89. The van der Waals surface area contributed by atoms with Gasteiger partial charge in [0, 0.05) is 6.20 Å². The lowest BCUT2D eigenvalue weighted by atomic mass is 10.1. The average Bonchev–Trinajstić information content (AvgIpc) is 2.41. The number of anilines is 1. The number of rotatable bonds is 4. The zero-order chi connectivity index (χ0) is 15.6. The molecule has 0 unspecified atom stereocenters. The normalized spacial score (nSPS) is 11.1. The molecule has 0 aliphatic heterocycles. The lowest BCUT2D eigenvalue weighted by Gasteiger charge is -2.12. The molecule has 6 nitrogen and oxygen atoms in total. The highest BCUT2D eigenvalue weighted by atomic mass is 35.5. The van der Waals surface area contributed by atoms with Crippen molar-refractivity contribution in [3.63, 3.8) is 0 Å². The summed E-state index contributed by atoms with van der Waals surface area (Å²) in [7, 11) is -3.95. The number of pyridine rings is 1. The molecule has 0 radical (unpaired) electrons. The fourth-order valence-corrected chi connectivity index (χ4v) is 3.33. The number of nitrogens with zero attached hydrogens (tertiary/aromatic N) is 1. The summed E-state index contributed by atoms with van der Waals surface area (Å²) in [5.74, 6) is -1.13. The topological polar surface area (TPSA) is 96.4 Å². The van der Waals surface area contributed by atoms with Crippen molar-refractivity contribution < 1.29 is 18.3 Å². The zero-order valence-corrected chi connectivity index (χ0v) is 12.4. The second-order valence-corrected chi connectivity index (χ2v) is 6.19. The molecule has 1 aromatic carbocycles. The van der Waals surface area contributed by atoms with Crippen LogP contribution in [-0.2, 0) is 10.0 Å². The molecule has 8 heteroatoms. The maximum atomic E-state index is 12.3. The van der Waals surface area contributed by atoms with Gasteiger partial charge in [0.05, 0.1) is 11.3 Å². The van der Waals surface area contributed by atoms with Gasteiger partial charge in [0.25, 0.3) is 10.0 Å². The Balaban J connectivity index is 2.45. The summed E-state index contributed by atoms with van der Waals surface area (Å²) in [6.45, 7) is 1.52. The number of sulfonamides is 1. The molecular formula is C13H11ClN2O4S. The van der Waals surface area contributed by atoms with Gasteiger partial charge in [-0.3, -0.25) is 4.72 Å². The van der Waals surface area contributed by atoms with Gasteiger partial charge in [0.1, 0.15) is 10.0 Å². The van der Waals surface area contributed by atoms with Crippen LogP contribution in [0.15, 0.2) is 41.4 Å². The van der Waals surface area contributed by atoms with Crippen molar-refractivity contribution in [2.24, 2.45) is 0 Å². The Morgan fingerprint density at radius 2 is 2.00 bits per heavy atom. The third kappa shape index (κ3) is 3.14. The number of aromatic nitrogens is 1. The van der Waals surface area contributed by atoms with Gasteiger partial charge < -0.3 is 5.11 Å². The number of halogens is 1. The minimum Gasteiger partial charge on any atom is -0.478 e. The molecule has 0 amide bonds. The van der Waals surface area contributed by atoms with E-state index >= 15 is 0 Å². The summed E-state index contributed by atoms with van der Waals surface area (Å²) in [5.41, 5.74) is 0.510. The molecule has 0 aliphatic rings. The van der Waals surface area contributed by atoms with Crippen molar-refractivity contribution in [3.05, 3.63) is 52.8 Å². The molecule has 1 heterocycles. The first kappa shape index (κ1) is 15.3. The lowest BCUT2D eigenvalue weighted by molar-refractivity contribution is 0.0696. The summed E-state index contributed by atoms with van der Waals surface area (Å²) in [4.78, 5) is 14.6. The van der Waals surface area contributed by atoms with Crippen LogP contribution in [0.25, 0.3) is 0 Å². The summed E-state index contributed by atoms with van der Waals surface area (Å²) < 4.78 is 26.9. The standard InChI is InChI=1S/C13H11ClN2O4S/c1-8-9(13(17)18)4-2-5-10(8)16-21(19,20)11-6-3-7-15-12(11)14/h2-7,16H,1H3,(H,17,18). The predicted molar refractivity (Wildman–Crippen MR) is 78.2 cm³/mol. The van der Waals surface area contributed by atoms with E-state index < -0.39 is 16.0 Å². The number of aromatic carboxylic acids is 1. The summed E-state index contributed by atoms with van der Waals surface area (Å²) >= 11 is 5.77. The Hall–Kier alpha value is -2.12. The largest absolute Gasteiger partial charge is 0.478 e. The van der Waals surface area contributed by atoms with E-state index in [1.54, 1.807) is 0 Å². The van der Waals surface area contributed by atoms with E-state index in [4.69, 9.17) is 16.7 Å². The minimum absolute atomic E-state index is 0.0208. The molecule has 2 N–H and O–H groups in total. The second-order valence-electron chi connectivity index (χ2n) is 4.18. The van der Waals surface area contributed by atoms with E-state index in [1.807, 2.05) is 0 Å². The highest BCUT2D eigenvalue weighted by Gasteiger charge is 2.20. The number of carbonyl (C=O) groups is 1. The maximum Gasteiger partial charge on any atom is 0.336 e. The number of benzene rings is 1. The van der Waals surface area contributed by atoms with Crippen LogP contribution in [0.5, 0.6) is 0 Å². The first-order chi connectivity index (χ1) is 9.83. The molecule has 2 rings (SSSR count). The van der Waals surface area contributed by atoms with Gasteiger partial charge in [-0.15, -0.1) is 0 Å². The van der Waals surface area contributed by atoms with Gasteiger partial charge >= 0.3 is 5.97 Å². The van der Waals surface area contributed by atoms with E-state index in [0.717, 1.165) is 0 Å². The number of carboxylic acid groups (broad SMARTS) is 1.